The average Bonchev–Trinajstić information content (AvgIpc) is 2.92. The molecule has 1 aliphatic carbocycles. The first-order valence-corrected chi connectivity index (χ1v) is 7.61. The third kappa shape index (κ3) is 3.58. The smallest absolute Gasteiger partial charge is 0.0917 e. The van der Waals surface area contributed by atoms with E-state index in [1.165, 1.54) is 36.8 Å². The summed E-state index contributed by atoms with van der Waals surface area (Å²) in [7, 11) is 0. The van der Waals surface area contributed by atoms with Gasteiger partial charge >= 0.3 is 0 Å². The van der Waals surface area contributed by atoms with E-state index in [9.17, 15) is 5.11 Å². The average molecular weight is 261 g/mol. The second kappa shape index (κ2) is 6.53. The van der Waals surface area contributed by atoms with Crippen molar-refractivity contribution in [2.24, 2.45) is 0 Å². The van der Waals surface area contributed by atoms with E-state index in [-0.39, 0.29) is 6.10 Å². The van der Waals surface area contributed by atoms with Gasteiger partial charge in [0.2, 0.25) is 0 Å². The molecule has 1 aliphatic rings. The molecule has 106 valence electrons. The normalized spacial score (nSPS) is 18.2. The van der Waals surface area contributed by atoms with Gasteiger partial charge in [-0.3, -0.25) is 4.90 Å². The highest BCUT2D eigenvalue weighted by molar-refractivity contribution is 5.31. The van der Waals surface area contributed by atoms with Crippen LogP contribution in [0, 0.1) is 13.8 Å². The van der Waals surface area contributed by atoms with Gasteiger partial charge in [0, 0.05) is 12.6 Å². The molecular formula is C17H27NO. The molecule has 0 spiro atoms. The van der Waals surface area contributed by atoms with Gasteiger partial charge in [-0.1, -0.05) is 38.0 Å². The number of aliphatic hydroxyl groups excluding tert-OH is 1. The van der Waals surface area contributed by atoms with E-state index in [1.807, 2.05) is 0 Å². The van der Waals surface area contributed by atoms with Crippen molar-refractivity contribution < 1.29 is 5.11 Å². The van der Waals surface area contributed by atoms with E-state index in [0.29, 0.717) is 6.04 Å². The van der Waals surface area contributed by atoms with Gasteiger partial charge in [-0.2, -0.15) is 0 Å². The first kappa shape index (κ1) is 14.5. The van der Waals surface area contributed by atoms with E-state index in [1.54, 1.807) is 0 Å². The fourth-order valence-electron chi connectivity index (χ4n) is 3.11. The molecule has 1 fully saturated rings. The van der Waals surface area contributed by atoms with Crippen LogP contribution in [0.4, 0.5) is 0 Å². The van der Waals surface area contributed by atoms with Gasteiger partial charge in [-0.05, 0) is 49.9 Å². The number of rotatable bonds is 5. The molecule has 0 aliphatic heterocycles. The summed E-state index contributed by atoms with van der Waals surface area (Å²) in [5.41, 5.74) is 3.61. The Balaban J connectivity index is 2.01. The van der Waals surface area contributed by atoms with E-state index in [0.717, 1.165) is 18.7 Å². The van der Waals surface area contributed by atoms with E-state index < -0.39 is 0 Å². The molecule has 0 bridgehead atoms. The van der Waals surface area contributed by atoms with Crippen LogP contribution in [0.3, 0.4) is 0 Å². The Morgan fingerprint density at radius 1 is 1.21 bits per heavy atom. The van der Waals surface area contributed by atoms with Crippen molar-refractivity contribution in [2.75, 3.05) is 13.1 Å². The SMILES string of the molecule is CCN(CC(O)c1ccc(C)c(C)c1)C1CCCC1. The molecule has 0 heterocycles. The quantitative estimate of drug-likeness (QED) is 0.875. The summed E-state index contributed by atoms with van der Waals surface area (Å²) >= 11 is 0. The van der Waals surface area contributed by atoms with Crippen molar-refractivity contribution in [1.82, 2.24) is 4.90 Å². The lowest BCUT2D eigenvalue weighted by Gasteiger charge is -2.29. The summed E-state index contributed by atoms with van der Waals surface area (Å²) < 4.78 is 0. The van der Waals surface area contributed by atoms with Gasteiger partial charge in [-0.25, -0.2) is 0 Å². The zero-order valence-electron chi connectivity index (χ0n) is 12.5. The van der Waals surface area contributed by atoms with Crippen LogP contribution < -0.4 is 0 Å². The molecule has 0 saturated heterocycles. The molecule has 19 heavy (non-hydrogen) atoms. The van der Waals surface area contributed by atoms with Gasteiger partial charge < -0.3 is 5.11 Å². The summed E-state index contributed by atoms with van der Waals surface area (Å²) in [4.78, 5) is 2.45. The van der Waals surface area contributed by atoms with Crippen LogP contribution in [0.1, 0.15) is 55.4 Å². The van der Waals surface area contributed by atoms with Crippen LogP contribution in [0.2, 0.25) is 0 Å². The Bertz CT molecular complexity index is 410. The molecule has 1 atom stereocenters. The summed E-state index contributed by atoms with van der Waals surface area (Å²) in [5.74, 6) is 0. The predicted octanol–water partition coefficient (Wildman–Crippen LogP) is 3.60. The number of aryl methyl sites for hydroxylation is 2. The number of aliphatic hydroxyl groups is 1. The minimum absolute atomic E-state index is 0.361. The Kier molecular flexibility index (Phi) is 5.00. The summed E-state index contributed by atoms with van der Waals surface area (Å²) in [5, 5.41) is 10.5. The molecule has 0 radical (unpaired) electrons. The van der Waals surface area contributed by atoms with Gasteiger partial charge in [0.1, 0.15) is 0 Å². The topological polar surface area (TPSA) is 23.5 Å². The van der Waals surface area contributed by atoms with Crippen LogP contribution in [-0.4, -0.2) is 29.1 Å². The molecule has 0 amide bonds. The first-order chi connectivity index (χ1) is 9.11. The zero-order valence-corrected chi connectivity index (χ0v) is 12.5. The number of likely N-dealkylation sites (N-methyl/N-ethyl adjacent to an activating group) is 1. The lowest BCUT2D eigenvalue weighted by molar-refractivity contribution is 0.0914. The number of benzene rings is 1. The molecule has 2 rings (SSSR count). The summed E-state index contributed by atoms with van der Waals surface area (Å²) in [6.45, 7) is 8.23. The van der Waals surface area contributed by atoms with Crippen molar-refractivity contribution >= 4 is 0 Å². The molecule has 1 unspecified atom stereocenters. The maximum Gasteiger partial charge on any atom is 0.0917 e. The van der Waals surface area contributed by atoms with Gasteiger partial charge in [0.25, 0.3) is 0 Å². The molecule has 0 aromatic heterocycles. The molecular weight excluding hydrogens is 234 g/mol. The van der Waals surface area contributed by atoms with Crippen LogP contribution in [0.5, 0.6) is 0 Å². The Morgan fingerprint density at radius 2 is 1.89 bits per heavy atom. The van der Waals surface area contributed by atoms with Crippen molar-refractivity contribution in [3.63, 3.8) is 0 Å². The van der Waals surface area contributed by atoms with Crippen molar-refractivity contribution in [3.05, 3.63) is 34.9 Å². The van der Waals surface area contributed by atoms with Crippen molar-refractivity contribution in [2.45, 2.75) is 58.6 Å². The van der Waals surface area contributed by atoms with Crippen LogP contribution in [0.25, 0.3) is 0 Å². The zero-order chi connectivity index (χ0) is 13.8. The minimum Gasteiger partial charge on any atom is -0.387 e. The molecule has 1 saturated carbocycles. The van der Waals surface area contributed by atoms with Gasteiger partial charge in [0.15, 0.2) is 0 Å². The predicted molar refractivity (Wildman–Crippen MR) is 80.4 cm³/mol. The molecule has 1 aromatic rings. The lowest BCUT2D eigenvalue weighted by atomic mass is 10.0. The number of nitrogens with zero attached hydrogens (tertiary/aromatic N) is 1. The second-order valence-corrected chi connectivity index (χ2v) is 5.89. The Labute approximate surface area is 117 Å². The highest BCUT2D eigenvalue weighted by Crippen LogP contribution is 2.26. The van der Waals surface area contributed by atoms with Crippen LogP contribution in [0.15, 0.2) is 18.2 Å². The molecule has 1 aromatic carbocycles. The third-order valence-corrected chi connectivity index (χ3v) is 4.57. The Morgan fingerprint density at radius 3 is 2.47 bits per heavy atom. The second-order valence-electron chi connectivity index (χ2n) is 5.89. The third-order valence-electron chi connectivity index (χ3n) is 4.57. The number of hydrogen-bond donors (Lipinski definition) is 1. The maximum atomic E-state index is 10.5. The van der Waals surface area contributed by atoms with Crippen molar-refractivity contribution in [1.29, 1.82) is 0 Å². The lowest BCUT2D eigenvalue weighted by Crippen LogP contribution is -2.36. The van der Waals surface area contributed by atoms with Gasteiger partial charge in [0.05, 0.1) is 6.10 Å². The number of hydrogen-bond acceptors (Lipinski definition) is 2. The van der Waals surface area contributed by atoms with E-state index in [4.69, 9.17) is 0 Å². The fourth-order valence-corrected chi connectivity index (χ4v) is 3.11. The monoisotopic (exact) mass is 261 g/mol. The van der Waals surface area contributed by atoms with Crippen LogP contribution >= 0.6 is 0 Å². The molecule has 2 nitrogen and oxygen atoms in total. The molecule has 1 N–H and O–H groups in total. The fraction of sp³-hybridized carbons (Fsp3) is 0.647. The summed E-state index contributed by atoms with van der Waals surface area (Å²) in [6.07, 6.45) is 4.93. The minimum atomic E-state index is -0.361. The van der Waals surface area contributed by atoms with E-state index in [2.05, 4.69) is 43.9 Å². The highest BCUT2D eigenvalue weighted by Gasteiger charge is 2.23. The highest BCUT2D eigenvalue weighted by atomic mass is 16.3. The largest absolute Gasteiger partial charge is 0.387 e. The van der Waals surface area contributed by atoms with E-state index >= 15 is 0 Å². The van der Waals surface area contributed by atoms with Crippen molar-refractivity contribution in [3.8, 4) is 0 Å². The summed E-state index contributed by atoms with van der Waals surface area (Å²) in [6, 6.07) is 6.99. The van der Waals surface area contributed by atoms with Gasteiger partial charge in [-0.15, -0.1) is 0 Å². The Hall–Kier alpha value is -0.860. The standard InChI is InChI=1S/C17H27NO/c1-4-18(16-7-5-6-8-16)12-17(19)15-10-9-13(2)14(3)11-15/h9-11,16-17,19H,4-8,12H2,1-3H3. The first-order valence-electron chi connectivity index (χ1n) is 7.61. The maximum absolute atomic E-state index is 10.5. The van der Waals surface area contributed by atoms with Crippen LogP contribution in [-0.2, 0) is 0 Å². The molecule has 2 heteroatoms.